The van der Waals surface area contributed by atoms with Crippen LogP contribution in [-0.4, -0.2) is 18.5 Å². The molecule has 5 nitrogen and oxygen atoms in total. The summed E-state index contributed by atoms with van der Waals surface area (Å²) in [4.78, 5) is 23.5. The minimum atomic E-state index is -1.24. The third kappa shape index (κ3) is 5.95. The summed E-state index contributed by atoms with van der Waals surface area (Å²) in [5.41, 5.74) is 2.62. The highest BCUT2D eigenvalue weighted by Gasteiger charge is 2.19. The van der Waals surface area contributed by atoms with Gasteiger partial charge < -0.3 is 20.0 Å². The molecule has 2 aromatic carbocycles. The molecule has 0 heterocycles. The maximum atomic E-state index is 12.5. The SMILES string of the molecule is CCOc1ccc(NC(=O)[C@@H](CC(=O)[O-])Cc2ccc(C)cc2)cc1. The lowest BCUT2D eigenvalue weighted by Gasteiger charge is -2.18. The average Bonchev–Trinajstić information content (AvgIpc) is 2.58. The standard InChI is InChI=1S/C20H23NO4/c1-3-25-18-10-8-17(9-11-18)21-20(24)16(13-19(22)23)12-15-6-4-14(2)5-7-15/h4-11,16H,3,12-13H2,1-2H3,(H,21,24)(H,22,23)/p-1/t16-/m1/s1. The van der Waals surface area contributed by atoms with Crippen molar-refractivity contribution in [2.75, 3.05) is 11.9 Å². The fourth-order valence-corrected chi connectivity index (χ4v) is 2.51. The number of anilines is 1. The zero-order valence-corrected chi connectivity index (χ0v) is 14.5. The number of carboxylic acids is 1. The molecule has 0 fully saturated rings. The summed E-state index contributed by atoms with van der Waals surface area (Å²) >= 11 is 0. The van der Waals surface area contributed by atoms with Crippen molar-refractivity contribution in [3.8, 4) is 5.75 Å². The van der Waals surface area contributed by atoms with Gasteiger partial charge in [0.25, 0.3) is 0 Å². The van der Waals surface area contributed by atoms with Crippen molar-refractivity contribution >= 4 is 17.6 Å². The number of carbonyl (C=O) groups excluding carboxylic acids is 2. The minimum absolute atomic E-state index is 0.323. The molecule has 0 aliphatic heterocycles. The van der Waals surface area contributed by atoms with Crippen LogP contribution in [0, 0.1) is 12.8 Å². The van der Waals surface area contributed by atoms with Crippen molar-refractivity contribution < 1.29 is 19.4 Å². The highest BCUT2D eigenvalue weighted by atomic mass is 16.5. The third-order valence-electron chi connectivity index (χ3n) is 3.82. The van der Waals surface area contributed by atoms with Crippen LogP contribution in [0.25, 0.3) is 0 Å². The molecule has 5 heteroatoms. The number of hydrogen-bond donors (Lipinski definition) is 1. The van der Waals surface area contributed by atoms with Crippen LogP contribution in [0.1, 0.15) is 24.5 Å². The predicted octanol–water partition coefficient (Wildman–Crippen LogP) is 2.33. The van der Waals surface area contributed by atoms with Gasteiger partial charge in [-0.15, -0.1) is 0 Å². The third-order valence-corrected chi connectivity index (χ3v) is 3.82. The van der Waals surface area contributed by atoms with Crippen molar-refractivity contribution in [1.29, 1.82) is 0 Å². The second kappa shape index (κ2) is 8.87. The zero-order valence-electron chi connectivity index (χ0n) is 14.5. The van der Waals surface area contributed by atoms with E-state index in [2.05, 4.69) is 5.32 Å². The van der Waals surface area contributed by atoms with Crippen molar-refractivity contribution in [2.24, 2.45) is 5.92 Å². The maximum Gasteiger partial charge on any atom is 0.228 e. The van der Waals surface area contributed by atoms with Gasteiger partial charge in [-0.2, -0.15) is 0 Å². The molecule has 0 radical (unpaired) electrons. The Morgan fingerprint density at radius 3 is 2.28 bits per heavy atom. The molecule has 0 saturated heterocycles. The van der Waals surface area contributed by atoms with Crippen LogP contribution >= 0.6 is 0 Å². The summed E-state index contributed by atoms with van der Waals surface area (Å²) < 4.78 is 5.36. The lowest BCUT2D eigenvalue weighted by Crippen LogP contribution is -2.32. The number of nitrogens with one attached hydrogen (secondary N) is 1. The molecule has 0 aliphatic carbocycles. The molecule has 2 aromatic rings. The normalized spacial score (nSPS) is 11.6. The number of aryl methyl sites for hydroxylation is 1. The molecule has 1 atom stereocenters. The van der Waals surface area contributed by atoms with Crippen LogP contribution in [0.5, 0.6) is 5.75 Å². The monoisotopic (exact) mass is 340 g/mol. The molecule has 2 rings (SSSR count). The van der Waals surface area contributed by atoms with E-state index in [-0.39, 0.29) is 12.3 Å². The zero-order chi connectivity index (χ0) is 18.2. The van der Waals surface area contributed by atoms with E-state index in [1.54, 1.807) is 24.3 Å². The second-order valence-corrected chi connectivity index (χ2v) is 5.91. The van der Waals surface area contributed by atoms with Gasteiger partial charge in [0, 0.05) is 17.6 Å². The Hall–Kier alpha value is -2.82. The van der Waals surface area contributed by atoms with E-state index in [9.17, 15) is 14.7 Å². The Morgan fingerprint density at radius 1 is 1.08 bits per heavy atom. The molecule has 0 saturated carbocycles. The number of hydrogen-bond acceptors (Lipinski definition) is 4. The average molecular weight is 340 g/mol. The molecule has 1 N–H and O–H groups in total. The number of amides is 1. The summed E-state index contributed by atoms with van der Waals surface area (Å²) in [5, 5.41) is 13.8. The van der Waals surface area contributed by atoms with Gasteiger partial charge in [-0.1, -0.05) is 29.8 Å². The predicted molar refractivity (Wildman–Crippen MR) is 94.2 cm³/mol. The number of benzene rings is 2. The molecule has 0 spiro atoms. The van der Waals surface area contributed by atoms with Crippen LogP contribution in [0.4, 0.5) is 5.69 Å². The number of carboxylic acid groups (broad SMARTS) is 1. The largest absolute Gasteiger partial charge is 0.550 e. The van der Waals surface area contributed by atoms with Gasteiger partial charge in [0.1, 0.15) is 5.75 Å². The molecule has 0 bridgehead atoms. The first-order chi connectivity index (χ1) is 12.0. The Kier molecular flexibility index (Phi) is 6.57. The lowest BCUT2D eigenvalue weighted by molar-refractivity contribution is -0.306. The highest BCUT2D eigenvalue weighted by molar-refractivity contribution is 5.94. The fraction of sp³-hybridized carbons (Fsp3) is 0.300. The molecular weight excluding hydrogens is 318 g/mol. The first-order valence-corrected chi connectivity index (χ1v) is 8.27. The van der Waals surface area contributed by atoms with Crippen molar-refractivity contribution in [3.63, 3.8) is 0 Å². The molecular formula is C20H22NO4-. The Bertz CT molecular complexity index is 707. The van der Waals surface area contributed by atoms with Gasteiger partial charge >= 0.3 is 0 Å². The summed E-state index contributed by atoms with van der Waals surface area (Å²) in [6, 6.07) is 14.7. The lowest BCUT2D eigenvalue weighted by atomic mass is 9.94. The van der Waals surface area contributed by atoms with Gasteiger partial charge in [-0.3, -0.25) is 4.79 Å². The summed E-state index contributed by atoms with van der Waals surface area (Å²) in [5.74, 6) is -1.56. The fourth-order valence-electron chi connectivity index (χ4n) is 2.51. The van der Waals surface area contributed by atoms with Gasteiger partial charge in [0.2, 0.25) is 5.91 Å². The van der Waals surface area contributed by atoms with E-state index in [0.717, 1.165) is 11.1 Å². The van der Waals surface area contributed by atoms with E-state index < -0.39 is 11.9 Å². The van der Waals surface area contributed by atoms with Crippen LogP contribution in [0.3, 0.4) is 0 Å². The van der Waals surface area contributed by atoms with Gasteiger partial charge in [-0.25, -0.2) is 0 Å². The maximum absolute atomic E-state index is 12.5. The Labute approximate surface area is 147 Å². The molecule has 132 valence electrons. The van der Waals surface area contributed by atoms with Gasteiger partial charge in [0.15, 0.2) is 0 Å². The molecule has 1 amide bonds. The van der Waals surface area contributed by atoms with Crippen LogP contribution < -0.4 is 15.2 Å². The first kappa shape index (κ1) is 18.5. The van der Waals surface area contributed by atoms with Crippen molar-refractivity contribution in [1.82, 2.24) is 0 Å². The highest BCUT2D eigenvalue weighted by Crippen LogP contribution is 2.19. The summed E-state index contributed by atoms with van der Waals surface area (Å²) in [7, 11) is 0. The summed E-state index contributed by atoms with van der Waals surface area (Å²) in [6.07, 6.45) is 0.0217. The van der Waals surface area contributed by atoms with Crippen LogP contribution in [-0.2, 0) is 16.0 Å². The second-order valence-electron chi connectivity index (χ2n) is 5.91. The van der Waals surface area contributed by atoms with E-state index in [4.69, 9.17) is 4.74 Å². The molecule has 0 aromatic heterocycles. The van der Waals surface area contributed by atoms with Crippen molar-refractivity contribution in [3.05, 3.63) is 59.7 Å². The molecule has 25 heavy (non-hydrogen) atoms. The molecule has 0 aliphatic rings. The van der Waals surface area contributed by atoms with Crippen molar-refractivity contribution in [2.45, 2.75) is 26.7 Å². The van der Waals surface area contributed by atoms with Gasteiger partial charge in [0.05, 0.1) is 6.61 Å². The van der Waals surface area contributed by atoms with E-state index in [1.165, 1.54) is 0 Å². The number of carbonyl (C=O) groups is 2. The first-order valence-electron chi connectivity index (χ1n) is 8.27. The Morgan fingerprint density at radius 2 is 1.72 bits per heavy atom. The van der Waals surface area contributed by atoms with E-state index in [1.807, 2.05) is 38.1 Å². The van der Waals surface area contributed by atoms with E-state index >= 15 is 0 Å². The quantitative estimate of drug-likeness (QED) is 0.800. The smallest absolute Gasteiger partial charge is 0.228 e. The molecule has 0 unspecified atom stereocenters. The topological polar surface area (TPSA) is 78.5 Å². The van der Waals surface area contributed by atoms with Gasteiger partial charge in [-0.05, 0) is 56.5 Å². The Balaban J connectivity index is 2.06. The number of aliphatic carboxylic acids is 1. The van der Waals surface area contributed by atoms with Crippen LogP contribution in [0.2, 0.25) is 0 Å². The minimum Gasteiger partial charge on any atom is -0.550 e. The summed E-state index contributed by atoms with van der Waals surface area (Å²) in [6.45, 7) is 4.43. The number of rotatable bonds is 8. The van der Waals surface area contributed by atoms with E-state index in [0.29, 0.717) is 24.5 Å². The van der Waals surface area contributed by atoms with Crippen LogP contribution in [0.15, 0.2) is 48.5 Å². The number of ether oxygens (including phenoxy) is 1.